The Bertz CT molecular complexity index is 870. The van der Waals surface area contributed by atoms with Gasteiger partial charge in [0, 0.05) is 10.9 Å². The normalized spacial score (nSPS) is 10.7. The van der Waals surface area contributed by atoms with Crippen LogP contribution in [0.2, 0.25) is 0 Å². The molecule has 25 heavy (non-hydrogen) atoms. The van der Waals surface area contributed by atoms with Gasteiger partial charge in [-0.3, -0.25) is 4.79 Å². The number of hydrogen-bond donors (Lipinski definition) is 1. The fourth-order valence-electron chi connectivity index (χ4n) is 2.48. The van der Waals surface area contributed by atoms with Gasteiger partial charge in [0.1, 0.15) is 0 Å². The molecule has 8 heteroatoms. The van der Waals surface area contributed by atoms with Gasteiger partial charge in [0.05, 0.1) is 31.1 Å². The van der Waals surface area contributed by atoms with Crippen LogP contribution in [0.4, 0.5) is 0 Å². The summed E-state index contributed by atoms with van der Waals surface area (Å²) in [6, 6.07) is 5.52. The molecule has 0 radical (unpaired) electrons. The van der Waals surface area contributed by atoms with Crippen LogP contribution in [0.5, 0.6) is 5.88 Å². The summed E-state index contributed by atoms with van der Waals surface area (Å²) < 4.78 is 6.65. The monoisotopic (exact) mass is 357 g/mol. The first-order chi connectivity index (χ1) is 12.1. The minimum absolute atomic E-state index is 0.141. The Balaban J connectivity index is 1.81. The van der Waals surface area contributed by atoms with Gasteiger partial charge < -0.3 is 10.1 Å². The lowest BCUT2D eigenvalue weighted by Crippen LogP contribution is -2.23. The molecule has 0 unspecified atom stereocenters. The molecule has 130 valence electrons. The van der Waals surface area contributed by atoms with Crippen LogP contribution >= 0.6 is 11.3 Å². The number of ether oxygens (including phenoxy) is 1. The lowest BCUT2D eigenvalue weighted by atomic mass is 10.2. The molecule has 3 rings (SSSR count). The third-order valence-corrected chi connectivity index (χ3v) is 4.90. The van der Waals surface area contributed by atoms with Crippen LogP contribution in [0.25, 0.3) is 5.82 Å². The lowest BCUT2D eigenvalue weighted by Gasteiger charge is -2.08. The van der Waals surface area contributed by atoms with Crippen LogP contribution in [0.3, 0.4) is 0 Å². The number of carbonyl (C=O) groups is 1. The Kier molecular flexibility index (Phi) is 5.08. The van der Waals surface area contributed by atoms with E-state index < -0.39 is 0 Å². The number of carbonyl (C=O) groups excluding carboxylic acids is 1. The van der Waals surface area contributed by atoms with Gasteiger partial charge in [0.15, 0.2) is 5.82 Å². The zero-order valence-corrected chi connectivity index (χ0v) is 15.1. The number of amides is 1. The first-order valence-corrected chi connectivity index (χ1v) is 8.78. The van der Waals surface area contributed by atoms with Gasteiger partial charge in [0.2, 0.25) is 5.88 Å². The first kappa shape index (κ1) is 17.1. The molecular formula is C17H19N5O2S. The van der Waals surface area contributed by atoms with Crippen molar-refractivity contribution in [2.75, 3.05) is 7.11 Å². The van der Waals surface area contributed by atoms with Crippen molar-refractivity contribution in [1.82, 2.24) is 25.3 Å². The molecule has 3 aromatic heterocycles. The summed E-state index contributed by atoms with van der Waals surface area (Å²) in [6.45, 7) is 4.53. The summed E-state index contributed by atoms with van der Waals surface area (Å²) in [6.07, 6.45) is 2.22. The minimum atomic E-state index is -0.141. The summed E-state index contributed by atoms with van der Waals surface area (Å²) in [7, 11) is 1.53. The minimum Gasteiger partial charge on any atom is -0.480 e. The predicted molar refractivity (Wildman–Crippen MR) is 95.3 cm³/mol. The summed E-state index contributed by atoms with van der Waals surface area (Å²) in [5.41, 5.74) is 2.53. The van der Waals surface area contributed by atoms with Crippen molar-refractivity contribution in [2.24, 2.45) is 0 Å². The van der Waals surface area contributed by atoms with Crippen molar-refractivity contribution in [3.05, 3.63) is 51.5 Å². The Hall–Kier alpha value is -2.74. The van der Waals surface area contributed by atoms with Crippen molar-refractivity contribution in [2.45, 2.75) is 26.8 Å². The van der Waals surface area contributed by atoms with Crippen LogP contribution in [-0.2, 0) is 13.0 Å². The number of nitrogens with zero attached hydrogens (tertiary/aromatic N) is 4. The highest BCUT2D eigenvalue weighted by molar-refractivity contribution is 7.10. The van der Waals surface area contributed by atoms with E-state index in [1.54, 1.807) is 34.3 Å². The highest BCUT2D eigenvalue weighted by atomic mass is 32.1. The maximum atomic E-state index is 12.6. The molecule has 3 aromatic rings. The first-order valence-electron chi connectivity index (χ1n) is 7.90. The van der Waals surface area contributed by atoms with Crippen molar-refractivity contribution in [3.63, 3.8) is 0 Å². The average molecular weight is 357 g/mol. The number of rotatable bonds is 6. The lowest BCUT2D eigenvalue weighted by molar-refractivity contribution is 0.0950. The summed E-state index contributed by atoms with van der Waals surface area (Å²) in [4.78, 5) is 13.7. The maximum absolute atomic E-state index is 12.6. The van der Waals surface area contributed by atoms with Crippen molar-refractivity contribution in [3.8, 4) is 11.7 Å². The van der Waals surface area contributed by atoms with E-state index in [0.717, 1.165) is 10.6 Å². The van der Waals surface area contributed by atoms with Gasteiger partial charge in [-0.2, -0.15) is 5.10 Å². The standard InChI is InChI=1S/C17H19N5O2S/c1-4-13-12(17(23)18-10-14-11(2)7-8-25-14)9-19-22(13)15-5-6-16(24-3)21-20-15/h5-9H,4,10H2,1-3H3,(H,18,23). The molecule has 0 spiro atoms. The van der Waals surface area contributed by atoms with E-state index in [1.165, 1.54) is 12.7 Å². The van der Waals surface area contributed by atoms with E-state index in [0.29, 0.717) is 30.2 Å². The summed E-state index contributed by atoms with van der Waals surface area (Å²) >= 11 is 1.64. The van der Waals surface area contributed by atoms with E-state index in [4.69, 9.17) is 4.74 Å². The number of methoxy groups -OCH3 is 1. The largest absolute Gasteiger partial charge is 0.480 e. The molecule has 7 nitrogen and oxygen atoms in total. The molecule has 0 bridgehead atoms. The second kappa shape index (κ2) is 7.43. The molecule has 0 aliphatic rings. The molecule has 1 N–H and O–H groups in total. The highest BCUT2D eigenvalue weighted by Gasteiger charge is 2.18. The van der Waals surface area contributed by atoms with E-state index in [2.05, 4.69) is 20.6 Å². The molecule has 0 aliphatic carbocycles. The number of hydrogen-bond acceptors (Lipinski definition) is 6. The molecule has 0 atom stereocenters. The van der Waals surface area contributed by atoms with Gasteiger partial charge in [-0.15, -0.1) is 21.5 Å². The van der Waals surface area contributed by atoms with Crippen LogP contribution in [0.15, 0.2) is 29.8 Å². The van der Waals surface area contributed by atoms with Crippen LogP contribution in [0, 0.1) is 6.92 Å². The Morgan fingerprint density at radius 1 is 1.32 bits per heavy atom. The zero-order chi connectivity index (χ0) is 17.8. The molecule has 3 heterocycles. The Morgan fingerprint density at radius 3 is 2.76 bits per heavy atom. The van der Waals surface area contributed by atoms with Crippen LogP contribution in [-0.4, -0.2) is 33.0 Å². The molecule has 0 fully saturated rings. The molecule has 1 amide bonds. The van der Waals surface area contributed by atoms with Crippen molar-refractivity contribution >= 4 is 17.2 Å². The Morgan fingerprint density at radius 2 is 2.16 bits per heavy atom. The number of thiophene rings is 1. The van der Waals surface area contributed by atoms with Gasteiger partial charge in [-0.25, -0.2) is 4.68 Å². The van der Waals surface area contributed by atoms with Gasteiger partial charge in [-0.1, -0.05) is 6.92 Å². The Labute approximate surface area is 149 Å². The second-order valence-electron chi connectivity index (χ2n) is 5.41. The van der Waals surface area contributed by atoms with E-state index in [9.17, 15) is 4.79 Å². The SMILES string of the molecule is CCc1c(C(=O)NCc2sccc2C)cnn1-c1ccc(OC)nn1. The second-order valence-corrected chi connectivity index (χ2v) is 6.41. The van der Waals surface area contributed by atoms with Gasteiger partial charge in [0.25, 0.3) is 5.91 Å². The smallest absolute Gasteiger partial charge is 0.255 e. The molecule has 0 aliphatic heterocycles. The highest BCUT2D eigenvalue weighted by Crippen LogP contribution is 2.17. The van der Waals surface area contributed by atoms with E-state index >= 15 is 0 Å². The zero-order valence-electron chi connectivity index (χ0n) is 14.3. The number of aryl methyl sites for hydroxylation is 1. The van der Waals surface area contributed by atoms with E-state index in [1.807, 2.05) is 25.3 Å². The van der Waals surface area contributed by atoms with Gasteiger partial charge >= 0.3 is 0 Å². The van der Waals surface area contributed by atoms with Gasteiger partial charge in [-0.05, 0) is 36.4 Å². The van der Waals surface area contributed by atoms with E-state index in [-0.39, 0.29) is 5.91 Å². The number of aromatic nitrogens is 4. The predicted octanol–water partition coefficient (Wildman–Crippen LogP) is 2.53. The molecule has 0 saturated carbocycles. The fraction of sp³-hybridized carbons (Fsp3) is 0.294. The maximum Gasteiger partial charge on any atom is 0.255 e. The van der Waals surface area contributed by atoms with Crippen LogP contribution in [0.1, 0.15) is 33.4 Å². The molecular weight excluding hydrogens is 338 g/mol. The van der Waals surface area contributed by atoms with Crippen molar-refractivity contribution in [1.29, 1.82) is 0 Å². The topological polar surface area (TPSA) is 81.9 Å². The quantitative estimate of drug-likeness (QED) is 0.733. The third-order valence-electron chi connectivity index (χ3n) is 3.88. The molecule has 0 aromatic carbocycles. The van der Waals surface area contributed by atoms with Crippen molar-refractivity contribution < 1.29 is 9.53 Å². The summed E-state index contributed by atoms with van der Waals surface area (Å²) in [5, 5.41) is 17.3. The molecule has 0 saturated heterocycles. The number of nitrogens with one attached hydrogen (secondary N) is 1. The third kappa shape index (κ3) is 3.53. The van der Waals surface area contributed by atoms with Crippen LogP contribution < -0.4 is 10.1 Å². The summed E-state index contributed by atoms with van der Waals surface area (Å²) in [5.74, 6) is 0.835. The average Bonchev–Trinajstić information content (AvgIpc) is 3.25. The fourth-order valence-corrected chi connectivity index (χ4v) is 3.32.